The molecule has 6 nitrogen and oxygen atoms in total. The topological polar surface area (TPSA) is 90.6 Å². The number of nitrogens with one attached hydrogen (secondary N) is 1. The molecule has 0 fully saturated rings. The number of nitrogens with two attached hydrogens (primary N) is 1. The standard InChI is InChI=1S/C28H30N2O4/c29-17-9-8-16-26(27(31)33-18-20-10-2-1-3-11-20)30-28(32)34-19-25-23-14-6-4-12-21(23)22-13-5-7-15-24(22)25/h1-7,10-15,25-26H,8-9,16-19,29H2,(H,30,32). The monoisotopic (exact) mass is 458 g/mol. The maximum absolute atomic E-state index is 12.7. The van der Waals surface area contributed by atoms with Crippen molar-refractivity contribution in [2.24, 2.45) is 5.73 Å². The van der Waals surface area contributed by atoms with Gasteiger partial charge in [0.2, 0.25) is 0 Å². The maximum atomic E-state index is 12.7. The highest BCUT2D eigenvalue weighted by Gasteiger charge is 2.30. The Morgan fingerprint density at radius 2 is 1.44 bits per heavy atom. The van der Waals surface area contributed by atoms with Crippen molar-refractivity contribution in [3.8, 4) is 11.1 Å². The zero-order valence-corrected chi connectivity index (χ0v) is 19.1. The van der Waals surface area contributed by atoms with Crippen molar-refractivity contribution < 1.29 is 19.1 Å². The van der Waals surface area contributed by atoms with Gasteiger partial charge in [-0.1, -0.05) is 78.9 Å². The van der Waals surface area contributed by atoms with Crippen LogP contribution < -0.4 is 11.1 Å². The third kappa shape index (κ3) is 5.64. The number of carbonyl (C=O) groups excluding carboxylic acids is 2. The quantitative estimate of drug-likeness (QED) is 0.337. The van der Waals surface area contributed by atoms with Crippen LogP contribution >= 0.6 is 0 Å². The number of benzene rings is 3. The summed E-state index contributed by atoms with van der Waals surface area (Å²) in [5.74, 6) is -0.520. The minimum atomic E-state index is -0.786. The van der Waals surface area contributed by atoms with Gasteiger partial charge in [-0.15, -0.1) is 0 Å². The van der Waals surface area contributed by atoms with E-state index in [1.807, 2.05) is 54.6 Å². The van der Waals surface area contributed by atoms with Gasteiger partial charge in [-0.25, -0.2) is 9.59 Å². The summed E-state index contributed by atoms with van der Waals surface area (Å²) in [4.78, 5) is 25.4. The van der Waals surface area contributed by atoms with Gasteiger partial charge in [-0.2, -0.15) is 0 Å². The van der Waals surface area contributed by atoms with Crippen LogP contribution in [0.3, 0.4) is 0 Å². The van der Waals surface area contributed by atoms with Gasteiger partial charge in [-0.05, 0) is 53.6 Å². The van der Waals surface area contributed by atoms with Gasteiger partial charge in [0, 0.05) is 5.92 Å². The van der Waals surface area contributed by atoms with Gasteiger partial charge in [-0.3, -0.25) is 0 Å². The summed E-state index contributed by atoms with van der Waals surface area (Å²) in [7, 11) is 0. The first-order valence-corrected chi connectivity index (χ1v) is 11.7. The molecule has 0 bridgehead atoms. The molecule has 0 saturated carbocycles. The number of ether oxygens (including phenoxy) is 2. The van der Waals surface area contributed by atoms with E-state index in [1.54, 1.807) is 0 Å². The molecule has 0 saturated heterocycles. The molecule has 1 atom stereocenters. The molecule has 0 aliphatic heterocycles. The van der Waals surface area contributed by atoms with Crippen LogP contribution in [0.5, 0.6) is 0 Å². The molecule has 3 aromatic carbocycles. The van der Waals surface area contributed by atoms with E-state index in [1.165, 1.54) is 0 Å². The molecular weight excluding hydrogens is 428 g/mol. The summed E-state index contributed by atoms with van der Waals surface area (Å²) in [6, 6.07) is 25.0. The molecule has 0 aromatic heterocycles. The van der Waals surface area contributed by atoms with Crippen LogP contribution in [0.4, 0.5) is 4.79 Å². The van der Waals surface area contributed by atoms with Crippen LogP contribution in [-0.4, -0.2) is 31.3 Å². The number of carbonyl (C=O) groups is 2. The Labute approximate surface area is 200 Å². The maximum Gasteiger partial charge on any atom is 0.407 e. The van der Waals surface area contributed by atoms with Gasteiger partial charge in [0.25, 0.3) is 0 Å². The van der Waals surface area contributed by atoms with Crippen LogP contribution in [0.1, 0.15) is 41.9 Å². The lowest BCUT2D eigenvalue weighted by atomic mass is 9.98. The summed E-state index contributed by atoms with van der Waals surface area (Å²) in [6.45, 7) is 0.866. The Morgan fingerprint density at radius 3 is 2.09 bits per heavy atom. The van der Waals surface area contributed by atoms with E-state index in [0.29, 0.717) is 19.4 Å². The number of esters is 1. The number of rotatable bonds is 10. The Hall–Kier alpha value is -3.64. The van der Waals surface area contributed by atoms with Gasteiger partial charge in [0.15, 0.2) is 0 Å². The van der Waals surface area contributed by atoms with E-state index in [0.717, 1.165) is 34.2 Å². The molecule has 1 aliphatic carbocycles. The van der Waals surface area contributed by atoms with Crippen LogP contribution in [0.2, 0.25) is 0 Å². The molecule has 6 heteroatoms. The average molecular weight is 459 g/mol. The van der Waals surface area contributed by atoms with Crippen molar-refractivity contribution >= 4 is 12.1 Å². The first kappa shape index (κ1) is 23.5. The van der Waals surface area contributed by atoms with Gasteiger partial charge < -0.3 is 20.5 Å². The van der Waals surface area contributed by atoms with E-state index in [2.05, 4.69) is 29.6 Å². The highest BCUT2D eigenvalue weighted by atomic mass is 16.6. The number of hydrogen-bond donors (Lipinski definition) is 2. The predicted octanol–water partition coefficient (Wildman–Crippen LogP) is 4.77. The number of fused-ring (bicyclic) bond motifs is 3. The molecule has 3 aromatic rings. The lowest BCUT2D eigenvalue weighted by Crippen LogP contribution is -2.42. The first-order chi connectivity index (χ1) is 16.7. The summed E-state index contributed by atoms with van der Waals surface area (Å²) in [6.07, 6.45) is 1.27. The second-order valence-electron chi connectivity index (χ2n) is 8.40. The van der Waals surface area contributed by atoms with Crippen LogP contribution in [-0.2, 0) is 20.9 Å². The third-order valence-electron chi connectivity index (χ3n) is 6.09. The van der Waals surface area contributed by atoms with E-state index >= 15 is 0 Å². The van der Waals surface area contributed by atoms with Crippen molar-refractivity contribution in [1.82, 2.24) is 5.32 Å². The fourth-order valence-corrected chi connectivity index (χ4v) is 4.35. The Balaban J connectivity index is 1.37. The zero-order chi connectivity index (χ0) is 23.8. The van der Waals surface area contributed by atoms with E-state index in [-0.39, 0.29) is 19.1 Å². The van der Waals surface area contributed by atoms with Gasteiger partial charge >= 0.3 is 12.1 Å². The van der Waals surface area contributed by atoms with Crippen molar-refractivity contribution in [1.29, 1.82) is 0 Å². The van der Waals surface area contributed by atoms with Crippen molar-refractivity contribution in [2.45, 2.75) is 37.8 Å². The molecule has 1 unspecified atom stereocenters. The van der Waals surface area contributed by atoms with Gasteiger partial charge in [0.05, 0.1) is 0 Å². The normalized spacial score (nSPS) is 13.0. The third-order valence-corrected chi connectivity index (χ3v) is 6.09. The molecule has 0 spiro atoms. The van der Waals surface area contributed by atoms with Crippen LogP contribution in [0, 0.1) is 0 Å². The van der Waals surface area contributed by atoms with E-state index in [9.17, 15) is 9.59 Å². The number of hydrogen-bond acceptors (Lipinski definition) is 5. The lowest BCUT2D eigenvalue weighted by Gasteiger charge is -2.19. The molecular formula is C28H30N2O4. The second kappa shape index (κ2) is 11.5. The molecule has 4 rings (SSSR count). The Morgan fingerprint density at radius 1 is 0.824 bits per heavy atom. The summed E-state index contributed by atoms with van der Waals surface area (Å²) in [5.41, 5.74) is 11.1. The summed E-state index contributed by atoms with van der Waals surface area (Å²) < 4.78 is 11.1. The van der Waals surface area contributed by atoms with Crippen LogP contribution in [0.25, 0.3) is 11.1 Å². The molecule has 176 valence electrons. The summed E-state index contributed by atoms with van der Waals surface area (Å²) >= 11 is 0. The molecule has 3 N–H and O–H groups in total. The smallest absolute Gasteiger partial charge is 0.407 e. The van der Waals surface area contributed by atoms with Crippen molar-refractivity contribution in [3.05, 3.63) is 95.6 Å². The highest BCUT2D eigenvalue weighted by Crippen LogP contribution is 2.44. The number of alkyl carbamates (subject to hydrolysis) is 1. The molecule has 1 amide bonds. The Bertz CT molecular complexity index is 1070. The molecule has 1 aliphatic rings. The fraction of sp³-hybridized carbons (Fsp3) is 0.286. The zero-order valence-electron chi connectivity index (χ0n) is 19.1. The molecule has 0 heterocycles. The van der Waals surface area contributed by atoms with Gasteiger partial charge in [0.1, 0.15) is 19.3 Å². The fourth-order valence-electron chi connectivity index (χ4n) is 4.35. The average Bonchev–Trinajstić information content (AvgIpc) is 3.20. The minimum Gasteiger partial charge on any atom is -0.459 e. The summed E-state index contributed by atoms with van der Waals surface area (Å²) in [5, 5.41) is 2.71. The van der Waals surface area contributed by atoms with E-state index < -0.39 is 18.1 Å². The first-order valence-electron chi connectivity index (χ1n) is 11.7. The minimum absolute atomic E-state index is 0.0427. The highest BCUT2D eigenvalue weighted by molar-refractivity contribution is 5.82. The SMILES string of the molecule is NCCCCC(NC(=O)OCC1c2ccccc2-c2ccccc21)C(=O)OCc1ccccc1. The lowest BCUT2D eigenvalue weighted by molar-refractivity contribution is -0.147. The van der Waals surface area contributed by atoms with Crippen molar-refractivity contribution in [2.75, 3.05) is 13.2 Å². The second-order valence-corrected chi connectivity index (χ2v) is 8.40. The van der Waals surface area contributed by atoms with E-state index in [4.69, 9.17) is 15.2 Å². The largest absolute Gasteiger partial charge is 0.459 e. The molecule has 0 radical (unpaired) electrons. The molecule has 34 heavy (non-hydrogen) atoms. The Kier molecular flexibility index (Phi) is 7.94. The van der Waals surface area contributed by atoms with Crippen molar-refractivity contribution in [3.63, 3.8) is 0 Å². The van der Waals surface area contributed by atoms with Crippen LogP contribution in [0.15, 0.2) is 78.9 Å². The number of unbranched alkanes of at least 4 members (excludes halogenated alkanes) is 1. The predicted molar refractivity (Wildman–Crippen MR) is 131 cm³/mol. The number of amides is 1.